The molecule has 0 amide bonds. The van der Waals surface area contributed by atoms with E-state index in [1.54, 1.807) is 0 Å². The van der Waals surface area contributed by atoms with E-state index >= 15 is 0 Å². The summed E-state index contributed by atoms with van der Waals surface area (Å²) in [4.78, 5) is 4.80. The lowest BCUT2D eigenvalue weighted by molar-refractivity contribution is 0.265. The second-order valence-electron chi connectivity index (χ2n) is 4.93. The maximum Gasteiger partial charge on any atom is 0.0445 e. The van der Waals surface area contributed by atoms with Crippen LogP contribution >= 0.6 is 0 Å². The number of hydrogen-bond acceptors (Lipinski definition) is 4. The van der Waals surface area contributed by atoms with Gasteiger partial charge in [-0.1, -0.05) is 13.8 Å². The molecule has 0 radical (unpaired) electrons. The third-order valence-corrected chi connectivity index (χ3v) is 3.76. The van der Waals surface area contributed by atoms with Crippen molar-refractivity contribution in [3.8, 4) is 0 Å². The lowest BCUT2D eigenvalue weighted by Gasteiger charge is -2.30. The molecule has 0 aliphatic carbocycles. The molecule has 1 fully saturated rings. The first-order chi connectivity index (χ1) is 7.65. The van der Waals surface area contributed by atoms with Crippen LogP contribution in [0.3, 0.4) is 0 Å². The Hall–Kier alpha value is -0.160. The molecule has 1 rings (SSSR count). The van der Waals surface area contributed by atoms with Gasteiger partial charge in [0.05, 0.1) is 0 Å². The highest BCUT2D eigenvalue weighted by Crippen LogP contribution is 2.18. The maximum absolute atomic E-state index is 5.91. The smallest absolute Gasteiger partial charge is 0.0445 e. The van der Waals surface area contributed by atoms with Crippen LogP contribution in [0.15, 0.2) is 0 Å². The molecule has 0 aromatic heterocycles. The van der Waals surface area contributed by atoms with Gasteiger partial charge in [-0.2, -0.15) is 0 Å². The van der Waals surface area contributed by atoms with Crippen molar-refractivity contribution in [2.24, 2.45) is 5.73 Å². The molecule has 1 unspecified atom stereocenters. The molecule has 0 aromatic rings. The van der Waals surface area contributed by atoms with Gasteiger partial charge < -0.3 is 20.9 Å². The second-order valence-corrected chi connectivity index (χ2v) is 4.93. The second kappa shape index (κ2) is 6.55. The largest absolute Gasteiger partial charge is 0.329 e. The predicted molar refractivity (Wildman–Crippen MR) is 69.7 cm³/mol. The van der Waals surface area contributed by atoms with Crippen LogP contribution in [0.5, 0.6) is 0 Å². The Morgan fingerprint density at radius 1 is 1.38 bits per heavy atom. The van der Waals surface area contributed by atoms with Crippen molar-refractivity contribution >= 4 is 0 Å². The van der Waals surface area contributed by atoms with Gasteiger partial charge in [0.1, 0.15) is 0 Å². The summed E-state index contributed by atoms with van der Waals surface area (Å²) in [6, 6.07) is 0. The minimum Gasteiger partial charge on any atom is -0.329 e. The van der Waals surface area contributed by atoms with Crippen LogP contribution in [0.4, 0.5) is 0 Å². The van der Waals surface area contributed by atoms with Crippen molar-refractivity contribution < 1.29 is 0 Å². The zero-order valence-corrected chi connectivity index (χ0v) is 11.1. The molecule has 1 aliphatic heterocycles. The van der Waals surface area contributed by atoms with E-state index in [2.05, 4.69) is 36.0 Å². The molecule has 3 N–H and O–H groups in total. The van der Waals surface area contributed by atoms with E-state index in [1.807, 2.05) is 0 Å². The van der Waals surface area contributed by atoms with E-state index in [1.165, 1.54) is 6.42 Å². The van der Waals surface area contributed by atoms with Crippen LogP contribution in [-0.2, 0) is 0 Å². The number of nitrogens with two attached hydrogens (primary N) is 1. The molecule has 16 heavy (non-hydrogen) atoms. The molecule has 0 spiro atoms. The Bertz CT molecular complexity index is 193. The van der Waals surface area contributed by atoms with Crippen molar-refractivity contribution in [3.63, 3.8) is 0 Å². The first-order valence-corrected chi connectivity index (χ1v) is 6.52. The van der Waals surface area contributed by atoms with Crippen LogP contribution < -0.4 is 11.1 Å². The average Bonchev–Trinajstić information content (AvgIpc) is 2.67. The fourth-order valence-corrected chi connectivity index (χ4v) is 2.48. The molecule has 0 saturated carbocycles. The lowest BCUT2D eigenvalue weighted by atomic mass is 9.99. The van der Waals surface area contributed by atoms with Crippen LogP contribution in [0, 0.1) is 0 Å². The van der Waals surface area contributed by atoms with Crippen LogP contribution in [-0.4, -0.2) is 68.2 Å². The highest BCUT2D eigenvalue weighted by atomic mass is 15.2. The number of rotatable bonds is 7. The Kier molecular flexibility index (Phi) is 5.69. The van der Waals surface area contributed by atoms with E-state index < -0.39 is 0 Å². The summed E-state index contributed by atoms with van der Waals surface area (Å²) in [6.07, 6.45) is 1.18. The molecule has 4 nitrogen and oxygen atoms in total. The van der Waals surface area contributed by atoms with Gasteiger partial charge in [-0.3, -0.25) is 0 Å². The zero-order chi connectivity index (χ0) is 12.0. The van der Waals surface area contributed by atoms with Gasteiger partial charge in [0.15, 0.2) is 0 Å². The van der Waals surface area contributed by atoms with Gasteiger partial charge >= 0.3 is 0 Å². The van der Waals surface area contributed by atoms with Crippen molar-refractivity contribution in [2.75, 3.05) is 52.9 Å². The molecule has 4 heteroatoms. The standard InChI is InChI=1S/C12H28N4/c1-4-16(5-2)9-7-14-12(10-13)6-8-15(3)11-12/h14H,4-11,13H2,1-3H3. The number of likely N-dealkylation sites (N-methyl/N-ethyl adjacent to an activating group) is 2. The van der Waals surface area contributed by atoms with Crippen molar-refractivity contribution in [3.05, 3.63) is 0 Å². The topological polar surface area (TPSA) is 44.5 Å². The van der Waals surface area contributed by atoms with Crippen molar-refractivity contribution in [1.29, 1.82) is 0 Å². The summed E-state index contributed by atoms with van der Waals surface area (Å²) in [5.41, 5.74) is 6.08. The lowest BCUT2D eigenvalue weighted by Crippen LogP contribution is -2.54. The third kappa shape index (κ3) is 3.70. The summed E-state index contributed by atoms with van der Waals surface area (Å²) >= 11 is 0. The minimum atomic E-state index is 0.169. The molecule has 96 valence electrons. The molecule has 1 saturated heterocycles. The van der Waals surface area contributed by atoms with Crippen LogP contribution in [0.1, 0.15) is 20.3 Å². The third-order valence-electron chi connectivity index (χ3n) is 3.76. The van der Waals surface area contributed by atoms with Crippen LogP contribution in [0.2, 0.25) is 0 Å². The van der Waals surface area contributed by atoms with Gasteiger partial charge in [-0.05, 0) is 33.1 Å². The molecular formula is C12H28N4. The number of hydrogen-bond donors (Lipinski definition) is 2. The van der Waals surface area contributed by atoms with E-state index in [4.69, 9.17) is 5.73 Å². The summed E-state index contributed by atoms with van der Waals surface area (Å²) in [7, 11) is 2.17. The van der Waals surface area contributed by atoms with Gasteiger partial charge in [-0.15, -0.1) is 0 Å². The number of nitrogens with zero attached hydrogens (tertiary/aromatic N) is 2. The Morgan fingerprint density at radius 2 is 2.06 bits per heavy atom. The van der Waals surface area contributed by atoms with E-state index in [0.29, 0.717) is 0 Å². The molecule has 1 aliphatic rings. The minimum absolute atomic E-state index is 0.169. The zero-order valence-electron chi connectivity index (χ0n) is 11.1. The highest BCUT2D eigenvalue weighted by molar-refractivity contribution is 4.97. The summed E-state index contributed by atoms with van der Waals surface area (Å²) in [5, 5.41) is 3.67. The van der Waals surface area contributed by atoms with Gasteiger partial charge in [-0.25, -0.2) is 0 Å². The molecule has 0 aromatic carbocycles. The summed E-state index contributed by atoms with van der Waals surface area (Å²) in [5.74, 6) is 0. The quantitative estimate of drug-likeness (QED) is 0.641. The van der Waals surface area contributed by atoms with Gasteiger partial charge in [0.25, 0.3) is 0 Å². The SMILES string of the molecule is CCN(CC)CCNC1(CN)CCN(C)C1. The summed E-state index contributed by atoms with van der Waals surface area (Å²) < 4.78 is 0. The fourth-order valence-electron chi connectivity index (χ4n) is 2.48. The number of nitrogens with one attached hydrogen (secondary N) is 1. The van der Waals surface area contributed by atoms with Crippen molar-refractivity contribution in [2.45, 2.75) is 25.8 Å². The normalized spacial score (nSPS) is 26.8. The Morgan fingerprint density at radius 3 is 2.50 bits per heavy atom. The van der Waals surface area contributed by atoms with Crippen molar-refractivity contribution in [1.82, 2.24) is 15.1 Å². The predicted octanol–water partition coefficient (Wildman–Crippen LogP) is -0.0492. The summed E-state index contributed by atoms with van der Waals surface area (Å²) in [6.45, 7) is 11.9. The number of likely N-dealkylation sites (tertiary alicyclic amines) is 1. The van der Waals surface area contributed by atoms with E-state index in [9.17, 15) is 0 Å². The van der Waals surface area contributed by atoms with Crippen LogP contribution in [0.25, 0.3) is 0 Å². The monoisotopic (exact) mass is 228 g/mol. The average molecular weight is 228 g/mol. The first kappa shape index (κ1) is 13.9. The van der Waals surface area contributed by atoms with Gasteiger partial charge in [0.2, 0.25) is 0 Å². The Balaban J connectivity index is 2.29. The molecular weight excluding hydrogens is 200 g/mol. The molecule has 1 heterocycles. The Labute approximate surface area is 100 Å². The van der Waals surface area contributed by atoms with E-state index in [-0.39, 0.29) is 5.54 Å². The highest BCUT2D eigenvalue weighted by Gasteiger charge is 2.34. The first-order valence-electron chi connectivity index (χ1n) is 6.52. The maximum atomic E-state index is 5.91. The fraction of sp³-hybridized carbons (Fsp3) is 1.00. The molecule has 0 bridgehead atoms. The van der Waals surface area contributed by atoms with Gasteiger partial charge in [0, 0.05) is 31.7 Å². The van der Waals surface area contributed by atoms with E-state index in [0.717, 1.165) is 45.8 Å². The molecule has 1 atom stereocenters.